The minimum Gasteiger partial charge on any atom is -0.507 e. The summed E-state index contributed by atoms with van der Waals surface area (Å²) in [7, 11) is 0. The Morgan fingerprint density at radius 2 is 1.78 bits per heavy atom. The number of rotatable bonds is 5. The molecule has 8 nitrogen and oxygen atoms in total. The predicted molar refractivity (Wildman–Crippen MR) is 138 cm³/mol. The zero-order valence-corrected chi connectivity index (χ0v) is 20.3. The fraction of sp³-hybridized carbons (Fsp3) is 0.148. The van der Waals surface area contributed by atoms with E-state index >= 15 is 0 Å². The number of fused-ring (bicyclic) bond motifs is 1. The maximum absolute atomic E-state index is 13.4. The van der Waals surface area contributed by atoms with Crippen LogP contribution in [0, 0.1) is 17.0 Å². The molecule has 4 aromatic rings. The van der Waals surface area contributed by atoms with Crippen molar-refractivity contribution in [3.63, 3.8) is 0 Å². The van der Waals surface area contributed by atoms with E-state index in [9.17, 15) is 24.8 Å². The van der Waals surface area contributed by atoms with Crippen LogP contribution >= 0.6 is 11.3 Å². The molecule has 0 saturated carbocycles. The molecule has 0 unspecified atom stereocenters. The summed E-state index contributed by atoms with van der Waals surface area (Å²) < 4.78 is 0.868. The lowest BCUT2D eigenvalue weighted by atomic mass is 9.95. The maximum Gasteiger partial charge on any atom is 0.301 e. The number of carbonyl (C=O) groups is 2. The van der Waals surface area contributed by atoms with Gasteiger partial charge >= 0.3 is 5.91 Å². The van der Waals surface area contributed by atoms with Crippen molar-refractivity contribution in [2.75, 3.05) is 4.90 Å². The first-order valence-corrected chi connectivity index (χ1v) is 12.1. The average molecular weight is 500 g/mol. The molecule has 0 spiro atoms. The van der Waals surface area contributed by atoms with Crippen LogP contribution in [0.5, 0.6) is 0 Å². The predicted octanol–water partition coefficient (Wildman–Crippen LogP) is 5.70. The zero-order valence-electron chi connectivity index (χ0n) is 19.5. The maximum atomic E-state index is 13.4. The van der Waals surface area contributed by atoms with Gasteiger partial charge < -0.3 is 5.11 Å². The third kappa shape index (κ3) is 3.93. The second-order valence-electron chi connectivity index (χ2n) is 8.54. The number of nitro groups is 1. The number of aromatic nitrogens is 1. The number of hydrogen-bond donors (Lipinski definition) is 1. The highest BCUT2D eigenvalue weighted by Crippen LogP contribution is 2.44. The number of aliphatic hydroxyl groups is 1. The minimum atomic E-state index is -1.00. The lowest BCUT2D eigenvalue weighted by Crippen LogP contribution is -2.29. The fourth-order valence-electron chi connectivity index (χ4n) is 4.27. The SMILES string of the molecule is CCc1ccc2nc(N3C(=O)C(=O)/C(=C(/O)c4ccc(C)cc4)[C@H]3c3ccc([N+](=O)[O-])cc3)sc2c1. The summed E-state index contributed by atoms with van der Waals surface area (Å²) in [6.07, 6.45) is 0.840. The summed E-state index contributed by atoms with van der Waals surface area (Å²) in [4.78, 5) is 43.2. The number of thiazole rings is 1. The average Bonchev–Trinajstić information content (AvgIpc) is 3.41. The molecule has 9 heteroatoms. The van der Waals surface area contributed by atoms with Crippen LogP contribution in [0.4, 0.5) is 10.8 Å². The third-order valence-corrected chi connectivity index (χ3v) is 7.26. The summed E-state index contributed by atoms with van der Waals surface area (Å²) in [5.74, 6) is -1.97. The van der Waals surface area contributed by atoms with Gasteiger partial charge in [0.2, 0.25) is 0 Å². The highest BCUT2D eigenvalue weighted by molar-refractivity contribution is 7.22. The number of Topliss-reactive ketones (excluding diaryl/α,β-unsaturated/α-hetero) is 1. The van der Waals surface area contributed by atoms with Crippen LogP contribution in [0.15, 0.2) is 72.3 Å². The van der Waals surface area contributed by atoms with Crippen molar-refractivity contribution < 1.29 is 19.6 Å². The first kappa shape index (κ1) is 23.4. The van der Waals surface area contributed by atoms with Gasteiger partial charge in [0.25, 0.3) is 11.5 Å². The lowest BCUT2D eigenvalue weighted by Gasteiger charge is -2.22. The number of aryl methyl sites for hydroxylation is 2. The Hall–Kier alpha value is -4.37. The van der Waals surface area contributed by atoms with E-state index < -0.39 is 22.7 Å². The normalized spacial score (nSPS) is 17.2. The molecule has 1 N–H and O–H groups in total. The van der Waals surface area contributed by atoms with Gasteiger partial charge in [-0.3, -0.25) is 24.6 Å². The second-order valence-corrected chi connectivity index (χ2v) is 9.54. The van der Waals surface area contributed by atoms with Gasteiger partial charge in [0, 0.05) is 17.7 Å². The summed E-state index contributed by atoms with van der Waals surface area (Å²) >= 11 is 1.28. The van der Waals surface area contributed by atoms with Gasteiger partial charge in [0.15, 0.2) is 5.13 Å². The van der Waals surface area contributed by atoms with Gasteiger partial charge in [-0.05, 0) is 48.7 Å². The van der Waals surface area contributed by atoms with Crippen LogP contribution in [0.3, 0.4) is 0 Å². The Balaban J connectivity index is 1.71. The van der Waals surface area contributed by atoms with Gasteiger partial charge in [-0.2, -0.15) is 0 Å². The molecule has 1 amide bonds. The van der Waals surface area contributed by atoms with Gasteiger partial charge in [-0.25, -0.2) is 4.98 Å². The molecule has 3 aromatic carbocycles. The molecule has 2 heterocycles. The smallest absolute Gasteiger partial charge is 0.301 e. The molecule has 36 heavy (non-hydrogen) atoms. The monoisotopic (exact) mass is 499 g/mol. The number of hydrogen-bond acceptors (Lipinski definition) is 7. The molecule has 1 aliphatic rings. The number of amides is 1. The molecule has 1 aromatic heterocycles. The Morgan fingerprint density at radius 3 is 2.42 bits per heavy atom. The number of nitro benzene ring substituents is 1. The van der Waals surface area contributed by atoms with Gasteiger partial charge in [0.05, 0.1) is 26.8 Å². The first-order valence-electron chi connectivity index (χ1n) is 11.3. The Morgan fingerprint density at radius 1 is 1.08 bits per heavy atom. The van der Waals surface area contributed by atoms with E-state index in [1.807, 2.05) is 32.0 Å². The van der Waals surface area contributed by atoms with E-state index in [4.69, 9.17) is 0 Å². The highest BCUT2D eigenvalue weighted by Gasteiger charge is 2.48. The van der Waals surface area contributed by atoms with Crippen molar-refractivity contribution >= 4 is 49.8 Å². The molecule has 0 aliphatic carbocycles. The summed E-state index contributed by atoms with van der Waals surface area (Å²) in [5, 5.41) is 22.7. The second kappa shape index (κ2) is 9.01. The Labute approximate surface area is 210 Å². The number of carbonyl (C=O) groups excluding carboxylic acids is 2. The van der Waals surface area contributed by atoms with E-state index in [1.165, 1.54) is 40.5 Å². The lowest BCUT2D eigenvalue weighted by molar-refractivity contribution is -0.384. The number of aliphatic hydroxyl groups excluding tert-OH is 1. The van der Waals surface area contributed by atoms with Crippen LogP contribution in [0.25, 0.3) is 16.0 Å². The van der Waals surface area contributed by atoms with Crippen molar-refractivity contribution in [3.8, 4) is 0 Å². The molecule has 180 valence electrons. The van der Waals surface area contributed by atoms with Gasteiger partial charge in [-0.1, -0.05) is 54.2 Å². The summed E-state index contributed by atoms with van der Waals surface area (Å²) in [6.45, 7) is 3.94. The van der Waals surface area contributed by atoms with E-state index in [-0.39, 0.29) is 17.0 Å². The molecular weight excluding hydrogens is 478 g/mol. The van der Waals surface area contributed by atoms with Crippen molar-refractivity contribution in [1.29, 1.82) is 0 Å². The van der Waals surface area contributed by atoms with Crippen molar-refractivity contribution in [2.24, 2.45) is 0 Å². The van der Waals surface area contributed by atoms with E-state index in [2.05, 4.69) is 4.98 Å². The number of benzene rings is 3. The van der Waals surface area contributed by atoms with Crippen LogP contribution in [0.2, 0.25) is 0 Å². The highest BCUT2D eigenvalue weighted by atomic mass is 32.1. The summed E-state index contributed by atoms with van der Waals surface area (Å²) in [5.41, 5.74) is 3.40. The van der Waals surface area contributed by atoms with Crippen LogP contribution < -0.4 is 4.90 Å². The molecule has 1 atom stereocenters. The molecule has 0 radical (unpaired) electrons. The number of ketones is 1. The number of nitrogens with zero attached hydrogens (tertiary/aromatic N) is 3. The Kier molecular flexibility index (Phi) is 5.85. The number of non-ortho nitro benzene ring substituents is 1. The van der Waals surface area contributed by atoms with E-state index in [0.29, 0.717) is 21.8 Å². The quantitative estimate of drug-likeness (QED) is 0.124. The Bertz CT molecular complexity index is 1550. The van der Waals surface area contributed by atoms with E-state index in [0.717, 1.165) is 22.2 Å². The van der Waals surface area contributed by atoms with E-state index in [1.54, 1.807) is 24.3 Å². The third-order valence-electron chi connectivity index (χ3n) is 6.24. The molecular formula is C27H21N3O5S. The summed E-state index contributed by atoms with van der Waals surface area (Å²) in [6, 6.07) is 17.4. The van der Waals surface area contributed by atoms with Crippen molar-refractivity contribution in [2.45, 2.75) is 26.3 Å². The number of anilines is 1. The minimum absolute atomic E-state index is 0.0915. The van der Waals surface area contributed by atoms with Crippen LogP contribution in [-0.4, -0.2) is 26.7 Å². The largest absolute Gasteiger partial charge is 0.507 e. The topological polar surface area (TPSA) is 114 Å². The fourth-order valence-corrected chi connectivity index (χ4v) is 5.33. The van der Waals surface area contributed by atoms with Gasteiger partial charge in [0.1, 0.15) is 5.76 Å². The first-order chi connectivity index (χ1) is 17.3. The zero-order chi connectivity index (χ0) is 25.6. The van der Waals surface area contributed by atoms with Crippen molar-refractivity contribution in [3.05, 3.63) is 105 Å². The van der Waals surface area contributed by atoms with Crippen molar-refractivity contribution in [1.82, 2.24) is 4.98 Å². The molecule has 1 saturated heterocycles. The molecule has 5 rings (SSSR count). The van der Waals surface area contributed by atoms with Crippen LogP contribution in [0.1, 0.15) is 35.2 Å². The standard InChI is InChI=1S/C27H21N3O5S/c1-3-16-6-13-20-21(14-16)36-27(28-20)29-23(17-9-11-19(12-10-17)30(34)35)22(25(32)26(29)33)24(31)18-7-4-15(2)5-8-18/h4-14,23,31H,3H2,1-2H3/b24-22+/t23-/m1/s1. The van der Waals surface area contributed by atoms with Crippen LogP contribution in [-0.2, 0) is 16.0 Å². The molecule has 0 bridgehead atoms. The molecule has 1 fully saturated rings. The van der Waals surface area contributed by atoms with Gasteiger partial charge in [-0.15, -0.1) is 0 Å². The molecule has 1 aliphatic heterocycles.